The molecule has 0 saturated carbocycles. The predicted molar refractivity (Wildman–Crippen MR) is 84.6 cm³/mol. The molecule has 1 aliphatic rings. The van der Waals surface area contributed by atoms with Crippen LogP contribution in [0, 0.1) is 0 Å². The molecule has 0 aliphatic carbocycles. The van der Waals surface area contributed by atoms with Crippen LogP contribution >= 0.6 is 12.2 Å². The van der Waals surface area contributed by atoms with Gasteiger partial charge in [-0.25, -0.2) is 4.79 Å². The third-order valence-electron chi connectivity index (χ3n) is 3.07. The van der Waals surface area contributed by atoms with E-state index in [0.29, 0.717) is 9.81 Å². The van der Waals surface area contributed by atoms with Gasteiger partial charge in [0.15, 0.2) is 0 Å². The Labute approximate surface area is 125 Å². The van der Waals surface area contributed by atoms with Gasteiger partial charge in [-0.05, 0) is 29.8 Å². The molecule has 1 unspecified atom stereocenters. The van der Waals surface area contributed by atoms with E-state index in [1.165, 1.54) is 5.56 Å². The van der Waals surface area contributed by atoms with Gasteiger partial charge in [-0.15, -0.1) is 0 Å². The third kappa shape index (κ3) is 2.62. The number of carboxylic acid groups (broad SMARTS) is 1. The Morgan fingerprint density at radius 3 is 2.45 bits per heavy atom. The molecule has 0 aromatic heterocycles. The highest BCUT2D eigenvalue weighted by Gasteiger charge is 2.51. The van der Waals surface area contributed by atoms with E-state index in [-0.39, 0.29) is 4.32 Å². The molecule has 1 aromatic rings. The van der Waals surface area contributed by atoms with E-state index in [2.05, 4.69) is 6.92 Å². The molecule has 0 bridgehead atoms. The summed E-state index contributed by atoms with van der Waals surface area (Å²) in [6.07, 6.45) is 3.13. The summed E-state index contributed by atoms with van der Waals surface area (Å²) >= 11 is 5.05. The smallest absolute Gasteiger partial charge is 0.423 e. The van der Waals surface area contributed by atoms with Crippen molar-refractivity contribution in [2.75, 3.05) is 6.26 Å². The molecule has 2 amide bonds. The van der Waals surface area contributed by atoms with Crippen molar-refractivity contribution in [3.05, 3.63) is 40.3 Å². The number of imide groups is 1. The number of thiocarbonyl (C=S) groups is 1. The van der Waals surface area contributed by atoms with Gasteiger partial charge in [0.05, 0.1) is 10.9 Å². The Hall–Kier alpha value is -1.66. The average Bonchev–Trinajstić information content (AvgIpc) is 2.63. The zero-order valence-electron chi connectivity index (χ0n) is 11.1. The van der Waals surface area contributed by atoms with Crippen molar-refractivity contribution in [2.24, 2.45) is 0 Å². The largest absolute Gasteiger partial charge is 0.464 e. The molecule has 6 heteroatoms. The van der Waals surface area contributed by atoms with Crippen molar-refractivity contribution in [2.45, 2.75) is 13.3 Å². The maximum absolute atomic E-state index is 12.1. The molecule has 1 saturated heterocycles. The summed E-state index contributed by atoms with van der Waals surface area (Å²) in [6.45, 7) is 2.07. The van der Waals surface area contributed by atoms with Gasteiger partial charge in [-0.2, -0.15) is 4.90 Å². The lowest BCUT2D eigenvalue weighted by Gasteiger charge is -2.01. The van der Waals surface area contributed by atoms with Crippen LogP contribution in [0.25, 0.3) is 6.08 Å². The fourth-order valence-electron chi connectivity index (χ4n) is 1.87. The summed E-state index contributed by atoms with van der Waals surface area (Å²) in [6, 6.07) is 7.82. The van der Waals surface area contributed by atoms with E-state index in [4.69, 9.17) is 17.3 Å². The van der Waals surface area contributed by atoms with Crippen molar-refractivity contribution in [3.63, 3.8) is 0 Å². The van der Waals surface area contributed by atoms with Gasteiger partial charge < -0.3 is 5.11 Å². The van der Waals surface area contributed by atoms with Crippen molar-refractivity contribution in [1.29, 1.82) is 0 Å². The second-order valence-corrected chi connectivity index (χ2v) is 6.80. The third-order valence-corrected chi connectivity index (χ3v) is 5.66. The molecule has 2 rings (SSSR count). The zero-order valence-corrected chi connectivity index (χ0v) is 12.8. The first-order chi connectivity index (χ1) is 9.45. The Bertz CT molecular complexity index is 607. The Morgan fingerprint density at radius 2 is 2.00 bits per heavy atom. The van der Waals surface area contributed by atoms with Crippen LogP contribution in [-0.2, 0) is 22.1 Å². The molecule has 1 heterocycles. The highest BCUT2D eigenvalue weighted by atomic mass is 32.2. The summed E-state index contributed by atoms with van der Waals surface area (Å²) in [5.41, 5.74) is 2.09. The molecule has 0 radical (unpaired) electrons. The van der Waals surface area contributed by atoms with Crippen molar-refractivity contribution < 1.29 is 14.7 Å². The normalized spacial score (nSPS) is 20.8. The fraction of sp³-hybridized carbons (Fsp3) is 0.214. The molecule has 104 valence electrons. The van der Waals surface area contributed by atoms with Gasteiger partial charge in [0.1, 0.15) is 6.26 Å². The van der Waals surface area contributed by atoms with Crippen molar-refractivity contribution >= 4 is 45.5 Å². The number of amides is 2. The minimum absolute atomic E-state index is 0.166. The molecule has 20 heavy (non-hydrogen) atoms. The summed E-state index contributed by atoms with van der Waals surface area (Å²) in [5.74, 6) is -0.534. The summed E-state index contributed by atoms with van der Waals surface area (Å²) in [5, 5.41) is 9.02. The number of benzene rings is 1. The van der Waals surface area contributed by atoms with Crippen LogP contribution in [0.1, 0.15) is 18.1 Å². The van der Waals surface area contributed by atoms with Crippen molar-refractivity contribution in [1.82, 2.24) is 4.90 Å². The number of carbonyl (C=O) groups is 2. The zero-order chi connectivity index (χ0) is 14.9. The predicted octanol–water partition coefficient (Wildman–Crippen LogP) is 2.64. The molecular formula is C14H14NO3S2+. The minimum atomic E-state index is -1.32. The van der Waals surface area contributed by atoms with E-state index in [1.807, 2.05) is 24.3 Å². The number of nitrogens with zero attached hydrogens (tertiary/aromatic N) is 1. The summed E-state index contributed by atoms with van der Waals surface area (Å²) in [7, 11) is -0.656. The van der Waals surface area contributed by atoms with Crippen LogP contribution in [0.5, 0.6) is 0 Å². The quantitative estimate of drug-likeness (QED) is 0.518. The molecule has 4 nitrogen and oxygen atoms in total. The molecule has 1 aromatic carbocycles. The molecule has 1 N–H and O–H groups in total. The van der Waals surface area contributed by atoms with Gasteiger partial charge in [0.25, 0.3) is 0 Å². The highest BCUT2D eigenvalue weighted by Crippen LogP contribution is 2.27. The van der Waals surface area contributed by atoms with Crippen LogP contribution in [-0.4, -0.2) is 32.6 Å². The first-order valence-corrected chi connectivity index (χ1v) is 8.07. The van der Waals surface area contributed by atoms with E-state index in [1.54, 1.807) is 12.3 Å². The minimum Gasteiger partial charge on any atom is -0.464 e. The molecule has 0 spiro atoms. The SMILES string of the molecule is CCc1ccc(C=C2C(=O)N(C(=O)O)C(=S)[S+]2C)cc1. The van der Waals surface area contributed by atoms with Crippen LogP contribution in [0.3, 0.4) is 0 Å². The Kier molecular flexibility index (Phi) is 4.25. The second kappa shape index (κ2) is 5.76. The molecular weight excluding hydrogens is 294 g/mol. The first-order valence-electron chi connectivity index (χ1n) is 6.03. The van der Waals surface area contributed by atoms with Gasteiger partial charge in [0.2, 0.25) is 4.91 Å². The molecule has 1 aliphatic heterocycles. The summed E-state index contributed by atoms with van der Waals surface area (Å²) in [4.78, 5) is 24.2. The van der Waals surface area contributed by atoms with Gasteiger partial charge in [0, 0.05) is 6.08 Å². The van der Waals surface area contributed by atoms with Crippen LogP contribution < -0.4 is 0 Å². The van der Waals surface area contributed by atoms with Crippen molar-refractivity contribution in [3.8, 4) is 0 Å². The topological polar surface area (TPSA) is 57.6 Å². The number of aryl methyl sites for hydroxylation is 1. The van der Waals surface area contributed by atoms with Gasteiger partial charge in [-0.1, -0.05) is 31.2 Å². The van der Waals surface area contributed by atoms with Crippen LogP contribution in [0.2, 0.25) is 0 Å². The fourth-order valence-corrected chi connectivity index (χ4v) is 3.59. The number of carbonyl (C=O) groups excluding carboxylic acids is 1. The monoisotopic (exact) mass is 308 g/mol. The number of hydrogen-bond donors (Lipinski definition) is 1. The highest BCUT2D eigenvalue weighted by molar-refractivity contribution is 8.24. The first kappa shape index (κ1) is 14.7. The van der Waals surface area contributed by atoms with E-state index >= 15 is 0 Å². The van der Waals surface area contributed by atoms with E-state index in [0.717, 1.165) is 12.0 Å². The summed E-state index contributed by atoms with van der Waals surface area (Å²) < 4.78 is 0.166. The lowest BCUT2D eigenvalue weighted by molar-refractivity contribution is -0.120. The van der Waals surface area contributed by atoms with Crippen LogP contribution in [0.4, 0.5) is 4.79 Å². The molecule has 1 fully saturated rings. The molecule has 1 atom stereocenters. The lowest BCUT2D eigenvalue weighted by Crippen LogP contribution is -2.34. The van der Waals surface area contributed by atoms with Crippen LogP contribution in [0.15, 0.2) is 29.2 Å². The Balaban J connectivity index is 2.36. The van der Waals surface area contributed by atoms with Gasteiger partial charge >= 0.3 is 16.3 Å². The van der Waals surface area contributed by atoms with E-state index in [9.17, 15) is 9.59 Å². The maximum atomic E-state index is 12.1. The Morgan fingerprint density at radius 1 is 1.40 bits per heavy atom. The number of rotatable bonds is 2. The maximum Gasteiger partial charge on any atom is 0.423 e. The number of hydrogen-bond acceptors (Lipinski definition) is 3. The second-order valence-electron chi connectivity index (χ2n) is 4.30. The van der Waals surface area contributed by atoms with Gasteiger partial charge in [-0.3, -0.25) is 4.79 Å². The average molecular weight is 308 g/mol. The standard InChI is InChI=1S/C14H13NO3S2/c1-3-9-4-6-10(7-5-9)8-11-12(16)15(13(17)18)14(19)20(11)2/h4-8H,3H2,1-2H3/p+1. The van der Waals surface area contributed by atoms with E-state index < -0.39 is 22.9 Å². The lowest BCUT2D eigenvalue weighted by atomic mass is 10.1.